The highest BCUT2D eigenvalue weighted by atomic mass is 32.1. The van der Waals surface area contributed by atoms with Gasteiger partial charge in [-0.15, -0.1) is 11.3 Å². The number of hydrogen-bond acceptors (Lipinski definition) is 5. The first-order valence-electron chi connectivity index (χ1n) is 8.23. The molecule has 2 N–H and O–H groups in total. The van der Waals surface area contributed by atoms with E-state index in [-0.39, 0.29) is 0 Å². The van der Waals surface area contributed by atoms with Crippen LogP contribution >= 0.6 is 11.3 Å². The van der Waals surface area contributed by atoms with Crippen molar-refractivity contribution in [3.63, 3.8) is 0 Å². The van der Waals surface area contributed by atoms with Crippen molar-refractivity contribution in [2.45, 2.75) is 6.61 Å². The van der Waals surface area contributed by atoms with Gasteiger partial charge in [-0.3, -0.25) is 4.98 Å². The Hall–Kier alpha value is -3.05. The van der Waals surface area contributed by atoms with Gasteiger partial charge >= 0.3 is 0 Å². The molecule has 5 heteroatoms. The van der Waals surface area contributed by atoms with E-state index in [1.165, 1.54) is 0 Å². The number of hydrogen-bond donors (Lipinski definition) is 1. The smallest absolute Gasteiger partial charge is 0.131 e. The third kappa shape index (κ3) is 3.09. The first-order chi connectivity index (χ1) is 12.8. The van der Waals surface area contributed by atoms with Crippen LogP contribution in [0.5, 0.6) is 11.5 Å². The third-order valence-corrected chi connectivity index (χ3v) is 5.22. The lowest BCUT2D eigenvalue weighted by atomic mass is 10.1. The van der Waals surface area contributed by atoms with E-state index in [0.717, 1.165) is 44.1 Å². The fourth-order valence-electron chi connectivity index (χ4n) is 2.85. The number of fused-ring (bicyclic) bond motifs is 1. The first kappa shape index (κ1) is 16.4. The second-order valence-electron chi connectivity index (χ2n) is 5.86. The molecule has 0 atom stereocenters. The lowest BCUT2D eigenvalue weighted by Crippen LogP contribution is -1.97. The summed E-state index contributed by atoms with van der Waals surface area (Å²) >= 11 is 1.59. The fourth-order valence-corrected chi connectivity index (χ4v) is 3.80. The molecule has 0 radical (unpaired) electrons. The third-order valence-electron chi connectivity index (χ3n) is 4.20. The lowest BCUT2D eigenvalue weighted by molar-refractivity contribution is 0.305. The minimum Gasteiger partial charge on any atom is -0.497 e. The van der Waals surface area contributed by atoms with Crippen molar-refractivity contribution in [2.75, 3.05) is 12.8 Å². The quantitative estimate of drug-likeness (QED) is 0.534. The summed E-state index contributed by atoms with van der Waals surface area (Å²) in [6.45, 7) is 0.485. The van der Waals surface area contributed by atoms with Gasteiger partial charge in [0, 0.05) is 28.8 Å². The van der Waals surface area contributed by atoms with Gasteiger partial charge in [-0.1, -0.05) is 30.3 Å². The molecule has 0 aliphatic rings. The molecule has 130 valence electrons. The Morgan fingerprint density at radius 3 is 2.69 bits per heavy atom. The van der Waals surface area contributed by atoms with E-state index in [1.807, 2.05) is 54.6 Å². The number of ether oxygens (including phenoxy) is 2. The molecule has 0 spiro atoms. The molecule has 0 amide bonds. The van der Waals surface area contributed by atoms with Crippen LogP contribution < -0.4 is 15.2 Å². The molecule has 0 aliphatic heterocycles. The normalized spacial score (nSPS) is 10.8. The van der Waals surface area contributed by atoms with E-state index < -0.39 is 0 Å². The molecule has 26 heavy (non-hydrogen) atoms. The molecular weight excluding hydrogens is 344 g/mol. The van der Waals surface area contributed by atoms with Crippen LogP contribution in [0.1, 0.15) is 5.56 Å². The Morgan fingerprint density at radius 1 is 1.04 bits per heavy atom. The number of thiophene rings is 1. The van der Waals surface area contributed by atoms with Gasteiger partial charge in [0.2, 0.25) is 0 Å². The van der Waals surface area contributed by atoms with Crippen LogP contribution in [-0.4, -0.2) is 12.1 Å². The van der Waals surface area contributed by atoms with Crippen LogP contribution in [0.15, 0.2) is 66.2 Å². The molecule has 0 aliphatic carbocycles. The van der Waals surface area contributed by atoms with Crippen molar-refractivity contribution in [3.8, 4) is 22.6 Å². The number of benzene rings is 2. The molecule has 4 aromatic rings. The van der Waals surface area contributed by atoms with Crippen LogP contribution in [0.4, 0.5) is 5.69 Å². The summed E-state index contributed by atoms with van der Waals surface area (Å²) in [6.07, 6.45) is 1.74. The minimum absolute atomic E-state index is 0.485. The van der Waals surface area contributed by atoms with Gasteiger partial charge < -0.3 is 15.2 Å². The molecular formula is C21H18N2O2S. The van der Waals surface area contributed by atoms with Gasteiger partial charge in [-0.05, 0) is 23.8 Å². The van der Waals surface area contributed by atoms with E-state index in [1.54, 1.807) is 24.6 Å². The number of anilines is 1. The number of pyridine rings is 1. The largest absolute Gasteiger partial charge is 0.497 e. The highest BCUT2D eigenvalue weighted by Crippen LogP contribution is 2.41. The van der Waals surface area contributed by atoms with Crippen LogP contribution in [-0.2, 0) is 6.61 Å². The molecule has 2 heterocycles. The predicted molar refractivity (Wildman–Crippen MR) is 107 cm³/mol. The summed E-state index contributed by atoms with van der Waals surface area (Å²) in [5, 5.41) is 2.07. The summed E-state index contributed by atoms with van der Waals surface area (Å²) in [6, 6.07) is 17.8. The zero-order valence-corrected chi connectivity index (χ0v) is 15.1. The highest BCUT2D eigenvalue weighted by Gasteiger charge is 2.15. The molecule has 0 fully saturated rings. The molecule has 4 rings (SSSR count). The minimum atomic E-state index is 0.485. The zero-order chi connectivity index (χ0) is 17.9. The van der Waals surface area contributed by atoms with Crippen molar-refractivity contribution in [1.82, 2.24) is 4.98 Å². The van der Waals surface area contributed by atoms with Gasteiger partial charge in [0.1, 0.15) is 18.1 Å². The van der Waals surface area contributed by atoms with Crippen LogP contribution in [0.3, 0.4) is 0 Å². The van der Waals surface area contributed by atoms with Gasteiger partial charge in [0.15, 0.2) is 0 Å². The maximum absolute atomic E-state index is 6.13. The Labute approximate surface area is 155 Å². The van der Waals surface area contributed by atoms with Crippen LogP contribution in [0.2, 0.25) is 0 Å². The van der Waals surface area contributed by atoms with Crippen molar-refractivity contribution in [2.24, 2.45) is 0 Å². The summed E-state index contributed by atoms with van der Waals surface area (Å²) in [4.78, 5) is 4.52. The molecule has 2 aromatic carbocycles. The Morgan fingerprint density at radius 2 is 1.88 bits per heavy atom. The molecule has 0 saturated heterocycles. The Balaban J connectivity index is 1.76. The van der Waals surface area contributed by atoms with Gasteiger partial charge in [-0.2, -0.15) is 0 Å². The van der Waals surface area contributed by atoms with E-state index >= 15 is 0 Å². The van der Waals surface area contributed by atoms with Crippen molar-refractivity contribution in [3.05, 3.63) is 71.7 Å². The Bertz CT molecular complexity index is 1040. The van der Waals surface area contributed by atoms with Crippen molar-refractivity contribution >= 4 is 27.2 Å². The van der Waals surface area contributed by atoms with Crippen LogP contribution in [0.25, 0.3) is 21.3 Å². The monoisotopic (exact) mass is 362 g/mol. The second-order valence-corrected chi connectivity index (χ2v) is 6.74. The van der Waals surface area contributed by atoms with Crippen molar-refractivity contribution < 1.29 is 9.47 Å². The first-order valence-corrected chi connectivity index (χ1v) is 9.11. The maximum Gasteiger partial charge on any atom is 0.131 e. The molecule has 4 nitrogen and oxygen atoms in total. The fraction of sp³-hybridized carbons (Fsp3) is 0.0952. The number of methoxy groups -OCH3 is 1. The average Bonchev–Trinajstić information content (AvgIpc) is 3.12. The summed E-state index contributed by atoms with van der Waals surface area (Å²) in [7, 11) is 1.65. The van der Waals surface area contributed by atoms with Crippen LogP contribution in [0, 0.1) is 0 Å². The maximum atomic E-state index is 6.13. The van der Waals surface area contributed by atoms with E-state index in [2.05, 4.69) is 10.4 Å². The SMILES string of the molecule is COc1ccc(-c2csc3c(N)ccnc23)c(OCc2ccccc2)c1. The zero-order valence-electron chi connectivity index (χ0n) is 14.3. The summed E-state index contributed by atoms with van der Waals surface area (Å²) < 4.78 is 12.5. The number of nitrogen functional groups attached to an aromatic ring is 1. The van der Waals surface area contributed by atoms with Gasteiger partial charge in [0.05, 0.1) is 23.0 Å². The number of nitrogens with two attached hydrogens (primary N) is 1. The lowest BCUT2D eigenvalue weighted by Gasteiger charge is -2.13. The predicted octanol–water partition coefficient (Wildman–Crippen LogP) is 5.13. The average molecular weight is 362 g/mol. The van der Waals surface area contributed by atoms with E-state index in [9.17, 15) is 0 Å². The molecule has 2 aromatic heterocycles. The molecule has 0 unspecified atom stereocenters. The summed E-state index contributed by atoms with van der Waals surface area (Å²) in [5.74, 6) is 1.51. The number of nitrogens with zero attached hydrogens (tertiary/aromatic N) is 1. The Kier molecular flexibility index (Phi) is 4.46. The topological polar surface area (TPSA) is 57.4 Å². The number of aromatic nitrogens is 1. The highest BCUT2D eigenvalue weighted by molar-refractivity contribution is 7.18. The van der Waals surface area contributed by atoms with E-state index in [0.29, 0.717) is 6.61 Å². The van der Waals surface area contributed by atoms with Crippen molar-refractivity contribution in [1.29, 1.82) is 0 Å². The molecule has 0 bridgehead atoms. The van der Waals surface area contributed by atoms with Gasteiger partial charge in [-0.25, -0.2) is 0 Å². The van der Waals surface area contributed by atoms with E-state index in [4.69, 9.17) is 15.2 Å². The summed E-state index contributed by atoms with van der Waals surface area (Å²) in [5.41, 5.74) is 10.8. The van der Waals surface area contributed by atoms with Gasteiger partial charge in [0.25, 0.3) is 0 Å². The standard InChI is InChI=1S/C21H18N2O2S/c1-24-15-7-8-16(17-13-26-21-18(22)9-10-23-20(17)21)19(11-15)25-12-14-5-3-2-4-6-14/h2-11,13H,12H2,1H3,(H2,22,23). The number of rotatable bonds is 5. The molecule has 0 saturated carbocycles. The second kappa shape index (κ2) is 7.06.